The molecule has 0 radical (unpaired) electrons. The van der Waals surface area contributed by atoms with Gasteiger partial charge < -0.3 is 0 Å². The zero-order valence-electron chi connectivity index (χ0n) is 12.4. The van der Waals surface area contributed by atoms with Crippen molar-refractivity contribution < 1.29 is 0 Å². The van der Waals surface area contributed by atoms with Gasteiger partial charge in [-0.1, -0.05) is 79.2 Å². The van der Waals surface area contributed by atoms with Crippen molar-refractivity contribution in [2.45, 2.75) is 38.0 Å². The van der Waals surface area contributed by atoms with Crippen LogP contribution < -0.4 is 0 Å². The summed E-state index contributed by atoms with van der Waals surface area (Å²) in [7, 11) is 0. The van der Waals surface area contributed by atoms with E-state index in [1.807, 2.05) is 0 Å². The molecule has 0 bridgehead atoms. The Morgan fingerprint density at radius 3 is 1.82 bits per heavy atom. The summed E-state index contributed by atoms with van der Waals surface area (Å²) >= 11 is 10.8. The van der Waals surface area contributed by atoms with Crippen LogP contribution in [-0.2, 0) is 0 Å². The lowest BCUT2D eigenvalue weighted by Gasteiger charge is -2.14. The van der Waals surface area contributed by atoms with Gasteiger partial charge >= 0.3 is 0 Å². The third-order valence-corrected chi connectivity index (χ3v) is 5.99. The van der Waals surface area contributed by atoms with Gasteiger partial charge in [-0.25, -0.2) is 0 Å². The van der Waals surface area contributed by atoms with Gasteiger partial charge in [0.05, 0.1) is 0 Å². The molecule has 0 nitrogen and oxygen atoms in total. The summed E-state index contributed by atoms with van der Waals surface area (Å²) < 4.78 is 2.37. The van der Waals surface area contributed by atoms with Crippen molar-refractivity contribution in [3.63, 3.8) is 0 Å². The van der Waals surface area contributed by atoms with Crippen molar-refractivity contribution >= 4 is 47.8 Å². The Labute approximate surface area is 158 Å². The molecule has 0 atom stereocenters. The van der Waals surface area contributed by atoms with E-state index in [1.54, 1.807) is 0 Å². The van der Waals surface area contributed by atoms with Gasteiger partial charge in [0.1, 0.15) is 0 Å². The standard InChI is InChI=1S/C19H19Br3/c20-10-4-2-1-3-5-15-18-11-13(21)6-8-16(18)17-9-7-14(22)12-19(15)17/h6-9,11-12,15H,1-5,10H2. The third kappa shape index (κ3) is 3.52. The summed E-state index contributed by atoms with van der Waals surface area (Å²) in [6.07, 6.45) is 6.49. The molecule has 0 unspecified atom stereocenters. The number of unbranched alkanes of at least 4 members (excludes halogenated alkanes) is 3. The zero-order chi connectivity index (χ0) is 15.5. The molecule has 0 spiro atoms. The lowest BCUT2D eigenvalue weighted by atomic mass is 9.91. The van der Waals surface area contributed by atoms with Gasteiger partial charge in [-0.05, 0) is 59.4 Å². The van der Waals surface area contributed by atoms with E-state index in [0.29, 0.717) is 5.92 Å². The number of hydrogen-bond acceptors (Lipinski definition) is 0. The maximum atomic E-state index is 3.64. The first-order chi connectivity index (χ1) is 10.7. The Kier molecular flexibility index (Phi) is 5.80. The van der Waals surface area contributed by atoms with E-state index >= 15 is 0 Å². The Bertz CT molecular complexity index is 612. The average molecular weight is 487 g/mol. The fraction of sp³-hybridized carbons (Fsp3) is 0.368. The monoisotopic (exact) mass is 484 g/mol. The molecule has 116 valence electrons. The highest BCUT2D eigenvalue weighted by Crippen LogP contribution is 2.48. The van der Waals surface area contributed by atoms with Gasteiger partial charge in [-0.3, -0.25) is 0 Å². The van der Waals surface area contributed by atoms with Gasteiger partial charge in [-0.15, -0.1) is 0 Å². The number of rotatable bonds is 6. The van der Waals surface area contributed by atoms with Crippen LogP contribution in [0.5, 0.6) is 0 Å². The first kappa shape index (κ1) is 16.7. The van der Waals surface area contributed by atoms with Gasteiger partial charge in [0.2, 0.25) is 0 Å². The fourth-order valence-electron chi connectivity index (χ4n) is 3.41. The zero-order valence-corrected chi connectivity index (χ0v) is 17.2. The highest BCUT2D eigenvalue weighted by Gasteiger charge is 2.28. The topological polar surface area (TPSA) is 0 Å². The van der Waals surface area contributed by atoms with Crippen LogP contribution in [0.1, 0.15) is 49.1 Å². The van der Waals surface area contributed by atoms with E-state index in [1.165, 1.54) is 63.3 Å². The largest absolute Gasteiger partial charge is 0.0928 e. The molecule has 1 aliphatic rings. The first-order valence-corrected chi connectivity index (χ1v) is 10.6. The summed E-state index contributed by atoms with van der Waals surface area (Å²) in [4.78, 5) is 0. The Balaban J connectivity index is 1.85. The van der Waals surface area contributed by atoms with E-state index in [0.717, 1.165) is 5.33 Å². The molecule has 0 saturated heterocycles. The third-order valence-electron chi connectivity index (χ3n) is 4.44. The molecule has 0 aliphatic heterocycles. The molecule has 2 aromatic rings. The van der Waals surface area contributed by atoms with Gasteiger partial charge in [0.15, 0.2) is 0 Å². The van der Waals surface area contributed by atoms with Gasteiger partial charge in [0.25, 0.3) is 0 Å². The summed E-state index contributed by atoms with van der Waals surface area (Å²) in [6.45, 7) is 0. The summed E-state index contributed by atoms with van der Waals surface area (Å²) in [6, 6.07) is 13.5. The van der Waals surface area contributed by atoms with Crippen LogP contribution in [0.2, 0.25) is 0 Å². The van der Waals surface area contributed by atoms with Crippen LogP contribution in [0.3, 0.4) is 0 Å². The summed E-state index contributed by atoms with van der Waals surface area (Å²) in [5, 5.41) is 1.13. The van der Waals surface area contributed by atoms with E-state index in [4.69, 9.17) is 0 Å². The van der Waals surface area contributed by atoms with Crippen molar-refractivity contribution in [2.24, 2.45) is 0 Å². The molecule has 0 amide bonds. The Morgan fingerprint density at radius 2 is 1.27 bits per heavy atom. The Hall–Kier alpha value is -0.120. The number of halogens is 3. The molecule has 22 heavy (non-hydrogen) atoms. The second kappa shape index (κ2) is 7.63. The lowest BCUT2D eigenvalue weighted by molar-refractivity contribution is 0.603. The predicted octanol–water partition coefficient (Wildman–Crippen LogP) is 7.67. The van der Waals surface area contributed by atoms with Crippen molar-refractivity contribution in [1.82, 2.24) is 0 Å². The number of benzene rings is 2. The molecule has 3 heteroatoms. The quantitative estimate of drug-likeness (QED) is 0.290. The average Bonchev–Trinajstić information content (AvgIpc) is 2.79. The van der Waals surface area contributed by atoms with Crippen LogP contribution in [0.15, 0.2) is 45.3 Å². The molecule has 3 rings (SSSR count). The smallest absolute Gasteiger partial charge is 0.0178 e. The molecule has 0 saturated carbocycles. The summed E-state index contributed by atoms with van der Waals surface area (Å²) in [5.74, 6) is 0.545. The Morgan fingerprint density at radius 1 is 0.727 bits per heavy atom. The first-order valence-electron chi connectivity index (χ1n) is 7.86. The SMILES string of the molecule is BrCCCCCCC1c2cc(Br)ccc2-c2ccc(Br)cc21. The normalized spacial score (nSPS) is 13.2. The minimum absolute atomic E-state index is 0.545. The van der Waals surface area contributed by atoms with Crippen molar-refractivity contribution in [2.75, 3.05) is 5.33 Å². The van der Waals surface area contributed by atoms with E-state index in [2.05, 4.69) is 84.2 Å². The molecule has 0 fully saturated rings. The van der Waals surface area contributed by atoms with Gasteiger partial charge in [-0.2, -0.15) is 0 Å². The van der Waals surface area contributed by atoms with E-state index < -0.39 is 0 Å². The highest BCUT2D eigenvalue weighted by atomic mass is 79.9. The van der Waals surface area contributed by atoms with Crippen LogP contribution in [0.4, 0.5) is 0 Å². The molecule has 0 aromatic heterocycles. The van der Waals surface area contributed by atoms with Crippen molar-refractivity contribution in [3.05, 3.63) is 56.5 Å². The van der Waals surface area contributed by atoms with Crippen molar-refractivity contribution in [1.29, 1.82) is 0 Å². The molecular formula is C19H19Br3. The molecular weight excluding hydrogens is 468 g/mol. The maximum Gasteiger partial charge on any atom is 0.0178 e. The molecule has 0 N–H and O–H groups in total. The number of alkyl halides is 1. The molecule has 2 aromatic carbocycles. The second-order valence-electron chi connectivity index (χ2n) is 5.91. The second-order valence-corrected chi connectivity index (χ2v) is 8.53. The minimum atomic E-state index is 0.545. The van der Waals surface area contributed by atoms with Gasteiger partial charge in [0, 0.05) is 20.2 Å². The summed E-state index contributed by atoms with van der Waals surface area (Å²) in [5.41, 5.74) is 5.80. The highest BCUT2D eigenvalue weighted by molar-refractivity contribution is 9.10. The van der Waals surface area contributed by atoms with E-state index in [9.17, 15) is 0 Å². The molecule has 0 heterocycles. The maximum absolute atomic E-state index is 3.64. The van der Waals surface area contributed by atoms with Crippen LogP contribution in [0.25, 0.3) is 11.1 Å². The minimum Gasteiger partial charge on any atom is -0.0928 e. The molecule has 1 aliphatic carbocycles. The number of fused-ring (bicyclic) bond motifs is 3. The van der Waals surface area contributed by atoms with Crippen LogP contribution in [0, 0.1) is 0 Å². The van der Waals surface area contributed by atoms with E-state index in [-0.39, 0.29) is 0 Å². The van der Waals surface area contributed by atoms with Crippen LogP contribution in [-0.4, -0.2) is 5.33 Å². The number of hydrogen-bond donors (Lipinski definition) is 0. The fourth-order valence-corrected chi connectivity index (χ4v) is 4.56. The van der Waals surface area contributed by atoms with Crippen molar-refractivity contribution in [3.8, 4) is 11.1 Å². The predicted molar refractivity (Wildman–Crippen MR) is 106 cm³/mol. The van der Waals surface area contributed by atoms with Crippen LogP contribution >= 0.6 is 47.8 Å². The lowest BCUT2D eigenvalue weighted by Crippen LogP contribution is -1.97.